The minimum absolute atomic E-state index is 0.0989. The van der Waals surface area contributed by atoms with E-state index in [1.165, 1.54) is 17.9 Å². The molecule has 0 bridgehead atoms. The predicted octanol–water partition coefficient (Wildman–Crippen LogP) is 4.15. The van der Waals surface area contributed by atoms with Gasteiger partial charge in [0.1, 0.15) is 0 Å². The molecule has 4 rings (SSSR count). The van der Waals surface area contributed by atoms with Crippen molar-refractivity contribution in [2.24, 2.45) is 0 Å². The highest BCUT2D eigenvalue weighted by Crippen LogP contribution is 2.29. The molecule has 39 heavy (non-hydrogen) atoms. The highest BCUT2D eigenvalue weighted by Gasteiger charge is 2.52. The second kappa shape index (κ2) is 10.3. The Morgan fingerprint density at radius 2 is 1.59 bits per heavy atom. The molecule has 1 fully saturated rings. The fraction of sp³-hybridized carbons (Fsp3) is 0.250. The Hall–Kier alpha value is -3.89. The number of carboxylic acid groups (broad SMARTS) is 1. The van der Waals surface area contributed by atoms with E-state index in [4.69, 9.17) is 11.6 Å². The van der Waals surface area contributed by atoms with E-state index in [0.717, 1.165) is 5.56 Å². The predicted molar refractivity (Wildman–Crippen MR) is 148 cm³/mol. The van der Waals surface area contributed by atoms with Crippen LogP contribution in [0.3, 0.4) is 0 Å². The van der Waals surface area contributed by atoms with Gasteiger partial charge in [0.15, 0.2) is 5.54 Å². The number of nitrogens with one attached hydrogen (secondary N) is 2. The van der Waals surface area contributed by atoms with E-state index >= 15 is 0 Å². The van der Waals surface area contributed by atoms with Crippen molar-refractivity contribution in [3.05, 3.63) is 81.9 Å². The Morgan fingerprint density at radius 1 is 0.923 bits per heavy atom. The lowest BCUT2D eigenvalue weighted by molar-refractivity contribution is -0.156. The maximum atomic E-state index is 13.1. The highest BCUT2D eigenvalue weighted by molar-refractivity contribution is 7.92. The number of sulfonamides is 1. The highest BCUT2D eigenvalue weighted by atomic mass is 35.5. The third-order valence-corrected chi connectivity index (χ3v) is 8.72. The minimum atomic E-state index is -3.87. The first-order chi connectivity index (χ1) is 18.2. The van der Waals surface area contributed by atoms with Crippen molar-refractivity contribution in [2.75, 3.05) is 17.8 Å². The SMILES string of the molecule is CC(=O)N1CC(NC(=O)c2ccc(-c3cccc(NS(=O)(=O)c4cc(C)c(Cl)cc4C)c3)cc2C)(C(=O)O)C1. The van der Waals surface area contributed by atoms with Crippen molar-refractivity contribution in [2.45, 2.75) is 38.1 Å². The summed E-state index contributed by atoms with van der Waals surface area (Å²) in [5, 5.41) is 12.7. The molecule has 3 N–H and O–H groups in total. The summed E-state index contributed by atoms with van der Waals surface area (Å²) < 4.78 is 28.8. The number of halogens is 1. The molecule has 0 saturated carbocycles. The van der Waals surface area contributed by atoms with Gasteiger partial charge in [0.25, 0.3) is 15.9 Å². The summed E-state index contributed by atoms with van der Waals surface area (Å²) in [6.07, 6.45) is 0. The standard InChI is InChI=1S/C28H28ClN3O6S/c1-16-10-21(8-9-23(16)26(34)30-28(27(35)36)14-32(15-28)19(4)33)20-6-5-7-22(13-20)31-39(37,38)25-12-17(2)24(29)11-18(25)3/h5-13,31H,14-15H2,1-4H3,(H,30,34)(H,35,36). The molecular formula is C28H28ClN3O6S. The van der Waals surface area contributed by atoms with Crippen molar-refractivity contribution in [3.63, 3.8) is 0 Å². The van der Waals surface area contributed by atoms with Gasteiger partial charge in [-0.05, 0) is 78.9 Å². The van der Waals surface area contributed by atoms with Crippen LogP contribution in [0.25, 0.3) is 11.1 Å². The topological polar surface area (TPSA) is 133 Å². The molecule has 1 saturated heterocycles. The number of aryl methyl sites for hydroxylation is 3. The van der Waals surface area contributed by atoms with Crippen molar-refractivity contribution >= 4 is 45.1 Å². The average molecular weight is 570 g/mol. The van der Waals surface area contributed by atoms with Gasteiger partial charge in [0, 0.05) is 23.2 Å². The van der Waals surface area contributed by atoms with Gasteiger partial charge >= 0.3 is 5.97 Å². The van der Waals surface area contributed by atoms with E-state index in [9.17, 15) is 27.9 Å². The fourth-order valence-electron chi connectivity index (χ4n) is 4.49. The molecule has 0 aromatic heterocycles. The molecule has 0 radical (unpaired) electrons. The molecule has 2 amide bonds. The summed E-state index contributed by atoms with van der Waals surface area (Å²) in [6, 6.07) is 15.1. The van der Waals surface area contributed by atoms with Crippen LogP contribution in [0.5, 0.6) is 0 Å². The zero-order valence-electron chi connectivity index (χ0n) is 21.8. The van der Waals surface area contributed by atoms with Crippen molar-refractivity contribution in [1.29, 1.82) is 0 Å². The molecule has 3 aromatic rings. The lowest BCUT2D eigenvalue weighted by Gasteiger charge is -2.46. The number of rotatable bonds is 7. The lowest BCUT2D eigenvalue weighted by Crippen LogP contribution is -2.74. The van der Waals surface area contributed by atoms with Gasteiger partial charge in [-0.1, -0.05) is 35.9 Å². The summed E-state index contributed by atoms with van der Waals surface area (Å²) in [6.45, 7) is 6.29. The van der Waals surface area contributed by atoms with Gasteiger partial charge in [-0.3, -0.25) is 14.3 Å². The zero-order chi connectivity index (χ0) is 28.7. The van der Waals surface area contributed by atoms with Gasteiger partial charge in [0.2, 0.25) is 5.91 Å². The van der Waals surface area contributed by atoms with Gasteiger partial charge in [-0.2, -0.15) is 0 Å². The largest absolute Gasteiger partial charge is 0.479 e. The van der Waals surface area contributed by atoms with E-state index in [2.05, 4.69) is 10.0 Å². The summed E-state index contributed by atoms with van der Waals surface area (Å²) in [5.74, 6) is -2.02. The quantitative estimate of drug-likeness (QED) is 0.391. The number of benzene rings is 3. The number of likely N-dealkylation sites (tertiary alicyclic amines) is 1. The first kappa shape index (κ1) is 28.1. The van der Waals surface area contributed by atoms with E-state index in [-0.39, 0.29) is 23.9 Å². The monoisotopic (exact) mass is 569 g/mol. The van der Waals surface area contributed by atoms with Gasteiger partial charge in [-0.15, -0.1) is 0 Å². The summed E-state index contributed by atoms with van der Waals surface area (Å²) in [5.41, 5.74) is 2.37. The van der Waals surface area contributed by atoms with Crippen LogP contribution in [0.2, 0.25) is 5.02 Å². The van der Waals surface area contributed by atoms with E-state index < -0.39 is 27.4 Å². The number of carbonyl (C=O) groups is 3. The summed E-state index contributed by atoms with van der Waals surface area (Å²) in [4.78, 5) is 37.8. The lowest BCUT2D eigenvalue weighted by atomic mass is 9.89. The maximum absolute atomic E-state index is 13.1. The van der Waals surface area contributed by atoms with Gasteiger partial charge in [-0.25, -0.2) is 13.2 Å². The Balaban J connectivity index is 1.55. The Morgan fingerprint density at radius 3 is 2.21 bits per heavy atom. The second-order valence-electron chi connectivity index (χ2n) is 9.80. The molecule has 0 aliphatic carbocycles. The number of carboxylic acids is 1. The number of hydrogen-bond acceptors (Lipinski definition) is 5. The molecule has 0 unspecified atom stereocenters. The molecular weight excluding hydrogens is 542 g/mol. The van der Waals surface area contributed by atoms with Crippen LogP contribution in [0, 0.1) is 20.8 Å². The smallest absolute Gasteiger partial charge is 0.333 e. The average Bonchev–Trinajstić information content (AvgIpc) is 2.82. The molecule has 0 atom stereocenters. The number of amides is 2. The molecule has 9 nitrogen and oxygen atoms in total. The molecule has 204 valence electrons. The zero-order valence-corrected chi connectivity index (χ0v) is 23.4. The van der Waals surface area contributed by atoms with Crippen LogP contribution in [-0.2, 0) is 19.6 Å². The van der Waals surface area contributed by atoms with E-state index in [1.54, 1.807) is 63.2 Å². The number of aliphatic carboxylic acids is 1. The summed E-state index contributed by atoms with van der Waals surface area (Å²) in [7, 11) is -3.87. The van der Waals surface area contributed by atoms with E-state index in [0.29, 0.717) is 38.5 Å². The fourth-order valence-corrected chi connectivity index (χ4v) is 6.07. The third kappa shape index (κ3) is 5.62. The molecule has 0 spiro atoms. The van der Waals surface area contributed by atoms with Crippen LogP contribution >= 0.6 is 11.6 Å². The molecule has 11 heteroatoms. The van der Waals surface area contributed by atoms with Gasteiger partial charge < -0.3 is 15.3 Å². The second-order valence-corrected chi connectivity index (χ2v) is 11.9. The number of hydrogen-bond donors (Lipinski definition) is 3. The molecule has 1 aliphatic rings. The van der Waals surface area contributed by atoms with E-state index in [1.807, 2.05) is 6.07 Å². The molecule has 1 heterocycles. The third-order valence-electron chi connectivity index (χ3n) is 6.79. The van der Waals surface area contributed by atoms with Crippen molar-refractivity contribution < 1.29 is 27.9 Å². The number of carbonyl (C=O) groups excluding carboxylic acids is 2. The Labute approximate surface area is 231 Å². The first-order valence-corrected chi connectivity index (χ1v) is 13.9. The number of nitrogens with zero attached hydrogens (tertiary/aromatic N) is 1. The van der Waals surface area contributed by atoms with Crippen LogP contribution in [0.1, 0.15) is 34.0 Å². The van der Waals surface area contributed by atoms with Crippen molar-refractivity contribution in [1.82, 2.24) is 10.2 Å². The Bertz CT molecular complexity index is 1610. The molecule has 3 aromatic carbocycles. The van der Waals surface area contributed by atoms with Crippen LogP contribution in [-0.4, -0.2) is 54.8 Å². The normalized spacial score (nSPS) is 14.3. The van der Waals surface area contributed by atoms with Crippen LogP contribution in [0.4, 0.5) is 5.69 Å². The van der Waals surface area contributed by atoms with Crippen LogP contribution in [0.15, 0.2) is 59.5 Å². The molecule has 1 aliphatic heterocycles. The maximum Gasteiger partial charge on any atom is 0.333 e. The van der Waals surface area contributed by atoms with Crippen LogP contribution < -0.4 is 10.0 Å². The number of anilines is 1. The Kier molecular flexibility index (Phi) is 7.46. The summed E-state index contributed by atoms with van der Waals surface area (Å²) >= 11 is 6.12. The minimum Gasteiger partial charge on any atom is -0.479 e. The first-order valence-electron chi connectivity index (χ1n) is 12.0. The van der Waals surface area contributed by atoms with Gasteiger partial charge in [0.05, 0.1) is 18.0 Å². The van der Waals surface area contributed by atoms with Crippen molar-refractivity contribution in [3.8, 4) is 11.1 Å².